The zero-order valence-electron chi connectivity index (χ0n) is 15.8. The minimum atomic E-state index is 0.514. The molecule has 0 aliphatic heterocycles. The van der Waals surface area contributed by atoms with Gasteiger partial charge in [0.2, 0.25) is 0 Å². The van der Waals surface area contributed by atoms with Crippen molar-refractivity contribution in [2.75, 3.05) is 0 Å². The molecule has 0 heteroatoms. The van der Waals surface area contributed by atoms with Crippen LogP contribution in [0.25, 0.3) is 11.1 Å². The summed E-state index contributed by atoms with van der Waals surface area (Å²) in [6.07, 6.45) is 0.985. The highest BCUT2D eigenvalue weighted by molar-refractivity contribution is 5.71. The lowest BCUT2D eigenvalue weighted by Gasteiger charge is -2.24. The normalized spacial score (nSPS) is 11.3. The molecule has 0 amide bonds. The molecule has 0 spiro atoms. The maximum absolute atomic E-state index is 2.34. The molecular weight excluding hydrogens is 300 g/mol. The highest BCUT2D eigenvalue weighted by Crippen LogP contribution is 2.37. The molecule has 0 aliphatic rings. The van der Waals surface area contributed by atoms with Crippen molar-refractivity contribution in [3.63, 3.8) is 0 Å². The van der Waals surface area contributed by atoms with E-state index in [0.29, 0.717) is 11.8 Å². The van der Waals surface area contributed by atoms with Gasteiger partial charge in [-0.1, -0.05) is 100 Å². The molecule has 0 atom stereocenters. The van der Waals surface area contributed by atoms with Crippen molar-refractivity contribution in [1.29, 1.82) is 0 Å². The summed E-state index contributed by atoms with van der Waals surface area (Å²) in [5, 5.41) is 0. The first-order chi connectivity index (χ1) is 12.1. The van der Waals surface area contributed by atoms with E-state index in [-0.39, 0.29) is 0 Å². The van der Waals surface area contributed by atoms with E-state index in [4.69, 9.17) is 0 Å². The van der Waals surface area contributed by atoms with Crippen LogP contribution in [0.5, 0.6) is 0 Å². The van der Waals surface area contributed by atoms with E-state index in [1.165, 1.54) is 33.4 Å². The first kappa shape index (κ1) is 17.5. The largest absolute Gasteiger partial charge is 0.0622 e. The second kappa shape index (κ2) is 7.70. The summed E-state index contributed by atoms with van der Waals surface area (Å²) in [5.74, 6) is 1.05. The van der Waals surface area contributed by atoms with Crippen LogP contribution in [-0.2, 0) is 6.42 Å². The van der Waals surface area contributed by atoms with Crippen LogP contribution in [-0.4, -0.2) is 0 Å². The van der Waals surface area contributed by atoms with Gasteiger partial charge < -0.3 is 0 Å². The van der Waals surface area contributed by atoms with Gasteiger partial charge in [-0.3, -0.25) is 0 Å². The lowest BCUT2D eigenvalue weighted by Crippen LogP contribution is -2.07. The Labute approximate surface area is 152 Å². The van der Waals surface area contributed by atoms with Crippen LogP contribution in [0.2, 0.25) is 0 Å². The van der Waals surface area contributed by atoms with Crippen molar-refractivity contribution in [2.24, 2.45) is 0 Å². The van der Waals surface area contributed by atoms with E-state index in [0.717, 1.165) is 6.42 Å². The van der Waals surface area contributed by atoms with Gasteiger partial charge in [0.15, 0.2) is 0 Å². The fraction of sp³-hybridized carbons (Fsp3) is 0.280. The summed E-state index contributed by atoms with van der Waals surface area (Å²) in [6.45, 7) is 9.25. The van der Waals surface area contributed by atoms with Gasteiger partial charge in [-0.05, 0) is 51.6 Å². The number of hydrogen-bond acceptors (Lipinski definition) is 0. The Hall–Kier alpha value is -2.34. The highest BCUT2D eigenvalue weighted by atomic mass is 14.2. The SMILES string of the molecule is CC(C)c1ccc(-c2ccccc2)c(Cc2ccccc2)c1C(C)C. The molecule has 0 aromatic heterocycles. The minimum Gasteiger partial charge on any atom is -0.0622 e. The smallest absolute Gasteiger partial charge is 0.00167 e. The van der Waals surface area contributed by atoms with E-state index in [1.807, 2.05) is 0 Å². The molecule has 0 unspecified atom stereocenters. The van der Waals surface area contributed by atoms with E-state index < -0.39 is 0 Å². The van der Waals surface area contributed by atoms with Crippen molar-refractivity contribution in [1.82, 2.24) is 0 Å². The Morgan fingerprint density at radius 2 is 1.24 bits per heavy atom. The molecule has 25 heavy (non-hydrogen) atoms. The Bertz CT molecular complexity index is 811. The topological polar surface area (TPSA) is 0 Å². The summed E-state index contributed by atoms with van der Waals surface area (Å²) in [7, 11) is 0. The van der Waals surface area contributed by atoms with Crippen LogP contribution in [0.1, 0.15) is 61.8 Å². The Morgan fingerprint density at radius 3 is 1.80 bits per heavy atom. The van der Waals surface area contributed by atoms with Gasteiger partial charge in [0, 0.05) is 0 Å². The van der Waals surface area contributed by atoms with Crippen LogP contribution in [0.15, 0.2) is 72.8 Å². The lowest BCUT2D eigenvalue weighted by atomic mass is 9.81. The fourth-order valence-electron chi connectivity index (χ4n) is 3.75. The molecule has 0 nitrogen and oxygen atoms in total. The van der Waals surface area contributed by atoms with Gasteiger partial charge in [0.25, 0.3) is 0 Å². The van der Waals surface area contributed by atoms with E-state index in [2.05, 4.69) is 100 Å². The molecule has 0 N–H and O–H groups in total. The van der Waals surface area contributed by atoms with Crippen molar-refractivity contribution >= 4 is 0 Å². The van der Waals surface area contributed by atoms with Gasteiger partial charge in [-0.25, -0.2) is 0 Å². The molecule has 3 aromatic rings. The van der Waals surface area contributed by atoms with Gasteiger partial charge in [0.1, 0.15) is 0 Å². The van der Waals surface area contributed by atoms with Crippen LogP contribution in [0.4, 0.5) is 0 Å². The third-order valence-corrected chi connectivity index (χ3v) is 4.90. The molecule has 0 fully saturated rings. The highest BCUT2D eigenvalue weighted by Gasteiger charge is 2.19. The summed E-state index contributed by atoms with van der Waals surface area (Å²) >= 11 is 0. The van der Waals surface area contributed by atoms with Gasteiger partial charge >= 0.3 is 0 Å². The van der Waals surface area contributed by atoms with Crippen molar-refractivity contribution in [3.8, 4) is 11.1 Å². The van der Waals surface area contributed by atoms with Crippen LogP contribution >= 0.6 is 0 Å². The molecule has 0 aliphatic carbocycles. The monoisotopic (exact) mass is 328 g/mol. The van der Waals surface area contributed by atoms with Crippen LogP contribution in [0.3, 0.4) is 0 Å². The molecule has 3 aromatic carbocycles. The lowest BCUT2D eigenvalue weighted by molar-refractivity contribution is 0.779. The third kappa shape index (κ3) is 3.85. The average Bonchev–Trinajstić information content (AvgIpc) is 2.62. The Morgan fingerprint density at radius 1 is 0.640 bits per heavy atom. The van der Waals surface area contributed by atoms with Crippen LogP contribution < -0.4 is 0 Å². The van der Waals surface area contributed by atoms with Gasteiger partial charge in [0.05, 0.1) is 0 Å². The summed E-state index contributed by atoms with van der Waals surface area (Å²) in [6, 6.07) is 26.3. The maximum Gasteiger partial charge on any atom is -0.00167 e. The second-order valence-electron chi connectivity index (χ2n) is 7.43. The molecule has 0 radical (unpaired) electrons. The molecule has 0 saturated heterocycles. The van der Waals surface area contributed by atoms with Crippen LogP contribution in [0, 0.1) is 0 Å². The molecule has 0 heterocycles. The zero-order valence-corrected chi connectivity index (χ0v) is 15.8. The minimum absolute atomic E-state index is 0.514. The molecule has 128 valence electrons. The maximum atomic E-state index is 2.34. The van der Waals surface area contributed by atoms with Gasteiger partial charge in [-0.15, -0.1) is 0 Å². The van der Waals surface area contributed by atoms with Crippen molar-refractivity contribution in [3.05, 3.63) is 95.1 Å². The predicted molar refractivity (Wildman–Crippen MR) is 109 cm³/mol. The summed E-state index contributed by atoms with van der Waals surface area (Å²) < 4.78 is 0. The summed E-state index contributed by atoms with van der Waals surface area (Å²) in [4.78, 5) is 0. The third-order valence-electron chi connectivity index (χ3n) is 4.90. The molecule has 3 rings (SSSR count). The van der Waals surface area contributed by atoms with E-state index in [1.54, 1.807) is 0 Å². The molecule has 0 bridgehead atoms. The average molecular weight is 328 g/mol. The second-order valence-corrected chi connectivity index (χ2v) is 7.43. The summed E-state index contributed by atoms with van der Waals surface area (Å²) in [5.41, 5.74) is 8.56. The Balaban J connectivity index is 2.23. The molecular formula is C25H28. The first-order valence-corrected chi connectivity index (χ1v) is 9.33. The standard InChI is InChI=1S/C25H28/c1-18(2)22-15-16-23(21-13-9-6-10-14-21)24(25(22)19(3)4)17-20-11-7-5-8-12-20/h5-16,18-19H,17H2,1-4H3. The molecule has 0 saturated carbocycles. The van der Waals surface area contributed by atoms with E-state index in [9.17, 15) is 0 Å². The fourth-order valence-corrected chi connectivity index (χ4v) is 3.75. The van der Waals surface area contributed by atoms with Gasteiger partial charge in [-0.2, -0.15) is 0 Å². The predicted octanol–water partition coefficient (Wildman–Crippen LogP) is 7.19. The van der Waals surface area contributed by atoms with Crippen molar-refractivity contribution < 1.29 is 0 Å². The first-order valence-electron chi connectivity index (χ1n) is 9.33. The quantitative estimate of drug-likeness (QED) is 0.465. The number of benzene rings is 3. The Kier molecular flexibility index (Phi) is 5.38. The van der Waals surface area contributed by atoms with E-state index >= 15 is 0 Å². The number of hydrogen-bond donors (Lipinski definition) is 0. The van der Waals surface area contributed by atoms with Crippen molar-refractivity contribution in [2.45, 2.75) is 46.0 Å². The number of rotatable bonds is 5. The zero-order chi connectivity index (χ0) is 17.8.